The highest BCUT2D eigenvalue weighted by molar-refractivity contribution is 7.12. The smallest absolute Gasteiger partial charge is 0.325 e. The van der Waals surface area contributed by atoms with Crippen molar-refractivity contribution in [1.82, 2.24) is 5.32 Å². The number of carbonyl (C=O) groups excluding carboxylic acids is 1. The molecule has 1 amide bonds. The number of hydrogen-bond donors (Lipinski definition) is 2. The molecule has 4 nitrogen and oxygen atoms in total. The van der Waals surface area contributed by atoms with Gasteiger partial charge in [0.05, 0.1) is 0 Å². The predicted octanol–water partition coefficient (Wildman–Crippen LogP) is 1.66. The SMILES string of the molecule is Cc1ccc(C=CC(=O)N[C@H](C)C(=O)O)s1. The summed E-state index contributed by atoms with van der Waals surface area (Å²) in [5.41, 5.74) is 0. The fraction of sp³-hybridized carbons (Fsp3) is 0.273. The topological polar surface area (TPSA) is 66.4 Å². The van der Waals surface area contributed by atoms with Crippen LogP contribution < -0.4 is 5.32 Å². The van der Waals surface area contributed by atoms with E-state index in [1.165, 1.54) is 17.9 Å². The summed E-state index contributed by atoms with van der Waals surface area (Å²) in [6, 6.07) is 2.99. The molecule has 5 heteroatoms. The van der Waals surface area contributed by atoms with Crippen LogP contribution in [0.1, 0.15) is 16.7 Å². The van der Waals surface area contributed by atoms with Gasteiger partial charge in [-0.05, 0) is 32.1 Å². The minimum Gasteiger partial charge on any atom is -0.480 e. The van der Waals surface area contributed by atoms with Crippen molar-refractivity contribution in [3.05, 3.63) is 28.0 Å². The van der Waals surface area contributed by atoms with Crippen molar-refractivity contribution in [1.29, 1.82) is 0 Å². The summed E-state index contributed by atoms with van der Waals surface area (Å²) in [4.78, 5) is 23.9. The van der Waals surface area contributed by atoms with E-state index in [4.69, 9.17) is 5.11 Å². The summed E-state index contributed by atoms with van der Waals surface area (Å²) in [5, 5.41) is 10.9. The first-order chi connectivity index (χ1) is 7.49. The predicted molar refractivity (Wildman–Crippen MR) is 63.3 cm³/mol. The number of aryl methyl sites for hydroxylation is 1. The Morgan fingerprint density at radius 2 is 2.19 bits per heavy atom. The van der Waals surface area contributed by atoms with Crippen molar-refractivity contribution in [2.45, 2.75) is 19.9 Å². The molecule has 0 aromatic carbocycles. The highest BCUT2D eigenvalue weighted by atomic mass is 32.1. The molecule has 2 N–H and O–H groups in total. The lowest BCUT2D eigenvalue weighted by atomic mass is 10.3. The molecule has 0 bridgehead atoms. The van der Waals surface area contributed by atoms with E-state index in [1.54, 1.807) is 17.4 Å². The number of carboxylic acid groups (broad SMARTS) is 1. The number of thiophene rings is 1. The second kappa shape index (κ2) is 5.46. The molecule has 1 aromatic heterocycles. The molecule has 0 saturated heterocycles. The van der Waals surface area contributed by atoms with Crippen LogP contribution >= 0.6 is 11.3 Å². The van der Waals surface area contributed by atoms with Crippen LogP contribution in [0.4, 0.5) is 0 Å². The minimum absolute atomic E-state index is 0.402. The molecule has 0 aliphatic carbocycles. The van der Waals surface area contributed by atoms with Gasteiger partial charge < -0.3 is 10.4 Å². The van der Waals surface area contributed by atoms with Crippen molar-refractivity contribution < 1.29 is 14.7 Å². The molecule has 1 heterocycles. The molecule has 1 rings (SSSR count). The molecular weight excluding hydrogens is 226 g/mol. The molecule has 0 radical (unpaired) electrons. The van der Waals surface area contributed by atoms with Crippen molar-refractivity contribution >= 4 is 29.3 Å². The quantitative estimate of drug-likeness (QED) is 0.785. The maximum absolute atomic E-state index is 11.3. The number of carbonyl (C=O) groups is 2. The van der Waals surface area contributed by atoms with Gasteiger partial charge in [-0.1, -0.05) is 0 Å². The lowest BCUT2D eigenvalue weighted by Gasteiger charge is -2.05. The zero-order valence-electron chi connectivity index (χ0n) is 9.06. The summed E-state index contributed by atoms with van der Waals surface area (Å²) in [6.45, 7) is 3.40. The Labute approximate surface area is 97.6 Å². The van der Waals surface area contributed by atoms with Gasteiger partial charge in [-0.3, -0.25) is 9.59 Å². The first kappa shape index (κ1) is 12.4. The van der Waals surface area contributed by atoms with Crippen molar-refractivity contribution in [3.8, 4) is 0 Å². The Morgan fingerprint density at radius 1 is 1.50 bits per heavy atom. The molecule has 0 aliphatic heterocycles. The summed E-state index contributed by atoms with van der Waals surface area (Å²) < 4.78 is 0. The number of amides is 1. The molecule has 0 unspecified atom stereocenters. The first-order valence-corrected chi connectivity index (χ1v) is 5.58. The van der Waals surface area contributed by atoms with E-state index in [1.807, 2.05) is 19.1 Å². The zero-order chi connectivity index (χ0) is 12.1. The summed E-state index contributed by atoms with van der Waals surface area (Å²) in [6.07, 6.45) is 3.01. The maximum Gasteiger partial charge on any atom is 0.325 e. The fourth-order valence-electron chi connectivity index (χ4n) is 1.02. The Kier molecular flexibility index (Phi) is 4.25. The highest BCUT2D eigenvalue weighted by Gasteiger charge is 2.11. The van der Waals surface area contributed by atoms with E-state index in [-0.39, 0.29) is 0 Å². The van der Waals surface area contributed by atoms with Gasteiger partial charge in [0.2, 0.25) is 5.91 Å². The van der Waals surface area contributed by atoms with Gasteiger partial charge in [0.15, 0.2) is 0 Å². The van der Waals surface area contributed by atoms with Crippen molar-refractivity contribution in [2.24, 2.45) is 0 Å². The van der Waals surface area contributed by atoms with E-state index in [0.717, 1.165) is 4.88 Å². The second-order valence-electron chi connectivity index (χ2n) is 3.35. The number of rotatable bonds is 4. The van der Waals surface area contributed by atoms with Crippen LogP contribution in [0.25, 0.3) is 6.08 Å². The van der Waals surface area contributed by atoms with Crippen LogP contribution in [0.3, 0.4) is 0 Å². The summed E-state index contributed by atoms with van der Waals surface area (Å²) in [5.74, 6) is -1.45. The van der Waals surface area contributed by atoms with Gasteiger partial charge in [-0.25, -0.2) is 0 Å². The van der Waals surface area contributed by atoms with Gasteiger partial charge >= 0.3 is 5.97 Å². The lowest BCUT2D eigenvalue weighted by Crippen LogP contribution is -2.37. The number of nitrogens with one attached hydrogen (secondary N) is 1. The van der Waals surface area contributed by atoms with Crippen LogP contribution in [0.2, 0.25) is 0 Å². The third-order valence-corrected chi connectivity index (χ3v) is 2.86. The Morgan fingerprint density at radius 3 is 2.69 bits per heavy atom. The van der Waals surface area contributed by atoms with E-state index in [2.05, 4.69) is 5.32 Å². The minimum atomic E-state index is -1.05. The van der Waals surface area contributed by atoms with E-state index in [9.17, 15) is 9.59 Å². The zero-order valence-corrected chi connectivity index (χ0v) is 9.88. The second-order valence-corrected chi connectivity index (χ2v) is 4.67. The summed E-state index contributed by atoms with van der Waals surface area (Å²) >= 11 is 1.57. The van der Waals surface area contributed by atoms with Gasteiger partial charge in [0.25, 0.3) is 0 Å². The molecule has 0 saturated carbocycles. The highest BCUT2D eigenvalue weighted by Crippen LogP contribution is 2.16. The number of carboxylic acids is 1. The average molecular weight is 239 g/mol. The Bertz CT molecular complexity index is 423. The third kappa shape index (κ3) is 3.86. The molecule has 16 heavy (non-hydrogen) atoms. The molecule has 86 valence electrons. The van der Waals surface area contributed by atoms with Crippen LogP contribution in [0.5, 0.6) is 0 Å². The number of aliphatic carboxylic acids is 1. The average Bonchev–Trinajstić information content (AvgIpc) is 2.61. The van der Waals surface area contributed by atoms with Gasteiger partial charge in [-0.2, -0.15) is 0 Å². The van der Waals surface area contributed by atoms with Crippen molar-refractivity contribution in [3.63, 3.8) is 0 Å². The van der Waals surface area contributed by atoms with Gasteiger partial charge in [0, 0.05) is 15.8 Å². The fourth-order valence-corrected chi connectivity index (χ4v) is 1.80. The Balaban J connectivity index is 2.51. The molecule has 0 spiro atoms. The van der Waals surface area contributed by atoms with E-state index < -0.39 is 17.9 Å². The maximum atomic E-state index is 11.3. The molecule has 0 aliphatic rings. The van der Waals surface area contributed by atoms with Gasteiger partial charge in [-0.15, -0.1) is 11.3 Å². The normalized spacial score (nSPS) is 12.6. The van der Waals surface area contributed by atoms with E-state index >= 15 is 0 Å². The standard InChI is InChI=1S/C11H13NO3S/c1-7-3-4-9(16-7)5-6-10(13)12-8(2)11(14)15/h3-6,8H,1-2H3,(H,12,13)(H,14,15)/t8-/m1/s1. The van der Waals surface area contributed by atoms with Crippen LogP contribution in [-0.4, -0.2) is 23.0 Å². The van der Waals surface area contributed by atoms with Gasteiger partial charge in [0.1, 0.15) is 6.04 Å². The Hall–Kier alpha value is -1.62. The molecule has 0 fully saturated rings. The molecule has 1 atom stereocenters. The number of hydrogen-bond acceptors (Lipinski definition) is 3. The van der Waals surface area contributed by atoms with Crippen LogP contribution in [0, 0.1) is 6.92 Å². The lowest BCUT2D eigenvalue weighted by molar-refractivity contribution is -0.140. The molecular formula is C11H13NO3S. The van der Waals surface area contributed by atoms with E-state index in [0.29, 0.717) is 0 Å². The van der Waals surface area contributed by atoms with Crippen LogP contribution in [0.15, 0.2) is 18.2 Å². The van der Waals surface area contributed by atoms with Crippen LogP contribution in [-0.2, 0) is 9.59 Å². The monoisotopic (exact) mass is 239 g/mol. The summed E-state index contributed by atoms with van der Waals surface area (Å²) in [7, 11) is 0. The third-order valence-electron chi connectivity index (χ3n) is 1.89. The van der Waals surface area contributed by atoms with Crippen molar-refractivity contribution in [2.75, 3.05) is 0 Å². The molecule has 1 aromatic rings. The first-order valence-electron chi connectivity index (χ1n) is 4.77. The largest absolute Gasteiger partial charge is 0.480 e.